The molecule has 1 aromatic heterocycles. The van der Waals surface area contributed by atoms with E-state index in [1.54, 1.807) is 6.08 Å². The number of pyridine rings is 1. The van der Waals surface area contributed by atoms with E-state index in [4.69, 9.17) is 4.74 Å². The van der Waals surface area contributed by atoms with Crippen LogP contribution in [0.15, 0.2) is 56.6 Å². The van der Waals surface area contributed by atoms with Crippen molar-refractivity contribution in [2.24, 2.45) is 0 Å². The van der Waals surface area contributed by atoms with Gasteiger partial charge < -0.3 is 4.74 Å². The third-order valence-corrected chi connectivity index (χ3v) is 4.35. The Kier molecular flexibility index (Phi) is 4.22. The molecule has 0 atom stereocenters. The monoisotopic (exact) mass is 315 g/mol. The molecular weight excluding hydrogens is 294 g/mol. The van der Waals surface area contributed by atoms with E-state index in [0.29, 0.717) is 12.4 Å². The first-order valence-electron chi connectivity index (χ1n) is 7.96. The largest absolute Gasteiger partial charge is 0.493 e. The summed E-state index contributed by atoms with van der Waals surface area (Å²) in [7, 11) is 0. The van der Waals surface area contributed by atoms with Crippen LogP contribution in [0.3, 0.4) is 0 Å². The second-order valence-corrected chi connectivity index (χ2v) is 5.91. The van der Waals surface area contributed by atoms with Gasteiger partial charge in [-0.3, -0.25) is 4.98 Å². The van der Waals surface area contributed by atoms with E-state index in [0.717, 1.165) is 45.6 Å². The average molecular weight is 315 g/mol. The Hall–Kier alpha value is -2.87. The van der Waals surface area contributed by atoms with Crippen LogP contribution in [0.5, 0.6) is 0 Å². The van der Waals surface area contributed by atoms with Crippen LogP contribution in [0.2, 0.25) is 0 Å². The number of fused-ring (bicyclic) bond motifs is 1. The number of aryl methyl sites for hydroxylation is 1. The van der Waals surface area contributed by atoms with Crippen molar-refractivity contribution in [3.05, 3.63) is 90.3 Å². The van der Waals surface area contributed by atoms with Crippen molar-refractivity contribution < 1.29 is 4.74 Å². The molecule has 2 heterocycles. The molecule has 1 aliphatic heterocycles. The van der Waals surface area contributed by atoms with Crippen molar-refractivity contribution in [3.63, 3.8) is 0 Å². The lowest BCUT2D eigenvalue weighted by molar-refractivity contribution is 0.271. The highest BCUT2D eigenvalue weighted by Crippen LogP contribution is 2.37. The lowest BCUT2D eigenvalue weighted by Crippen LogP contribution is -2.11. The van der Waals surface area contributed by atoms with Gasteiger partial charge in [0.25, 0.3) is 0 Å². The highest BCUT2D eigenvalue weighted by Gasteiger charge is 2.20. The van der Waals surface area contributed by atoms with Crippen LogP contribution in [0, 0.1) is 6.92 Å². The normalized spacial score (nSPS) is 13.0. The molecule has 1 aromatic carbocycles. The Morgan fingerprint density at radius 1 is 1.12 bits per heavy atom. The molecular formula is C22H21NO. The fourth-order valence-electron chi connectivity index (χ4n) is 3.06. The van der Waals surface area contributed by atoms with Gasteiger partial charge in [0.2, 0.25) is 0 Å². The smallest absolute Gasteiger partial charge is 0.120 e. The fourth-order valence-corrected chi connectivity index (χ4v) is 3.06. The van der Waals surface area contributed by atoms with Gasteiger partial charge in [0.05, 0.1) is 12.3 Å². The van der Waals surface area contributed by atoms with E-state index >= 15 is 0 Å². The van der Waals surface area contributed by atoms with E-state index in [1.807, 2.05) is 31.2 Å². The van der Waals surface area contributed by atoms with Crippen LogP contribution in [0.4, 0.5) is 0 Å². The Morgan fingerprint density at radius 2 is 1.88 bits per heavy atom. The maximum Gasteiger partial charge on any atom is 0.120 e. The number of ether oxygens (including phenoxy) is 1. The second kappa shape index (κ2) is 6.32. The molecule has 120 valence electrons. The third-order valence-electron chi connectivity index (χ3n) is 4.35. The van der Waals surface area contributed by atoms with Crippen molar-refractivity contribution in [1.82, 2.24) is 4.98 Å². The summed E-state index contributed by atoms with van der Waals surface area (Å²) in [6, 6.07) is 10.2. The Morgan fingerprint density at radius 3 is 2.62 bits per heavy atom. The quantitative estimate of drug-likeness (QED) is 0.714. The highest BCUT2D eigenvalue weighted by molar-refractivity contribution is 6.06. The lowest BCUT2D eigenvalue weighted by Gasteiger charge is -2.24. The van der Waals surface area contributed by atoms with Crippen LogP contribution in [-0.2, 0) is 11.2 Å². The summed E-state index contributed by atoms with van der Waals surface area (Å²) in [5.41, 5.74) is 7.69. The minimum atomic E-state index is 0.672. The van der Waals surface area contributed by atoms with Crippen molar-refractivity contribution in [2.75, 3.05) is 6.61 Å². The number of rotatable bonds is 4. The number of benzene rings is 1. The van der Waals surface area contributed by atoms with Gasteiger partial charge in [-0.05, 0) is 41.3 Å². The molecule has 0 spiro atoms. The van der Waals surface area contributed by atoms with Crippen molar-refractivity contribution >= 4 is 23.0 Å². The molecule has 1 aliphatic rings. The molecule has 0 amide bonds. The van der Waals surface area contributed by atoms with Gasteiger partial charge in [0.15, 0.2) is 0 Å². The van der Waals surface area contributed by atoms with Gasteiger partial charge >= 0.3 is 0 Å². The van der Waals surface area contributed by atoms with Gasteiger partial charge in [-0.15, -0.1) is 0 Å². The number of nitrogens with zero attached hydrogens (tertiary/aromatic N) is 1. The predicted molar refractivity (Wildman–Crippen MR) is 102 cm³/mol. The van der Waals surface area contributed by atoms with E-state index in [2.05, 4.69) is 37.4 Å². The molecule has 0 bridgehead atoms. The summed E-state index contributed by atoms with van der Waals surface area (Å²) in [5.74, 6) is 0.701. The molecule has 2 aromatic rings. The van der Waals surface area contributed by atoms with E-state index in [-0.39, 0.29) is 0 Å². The first-order chi connectivity index (χ1) is 11.5. The average Bonchev–Trinajstić information content (AvgIpc) is 2.60. The van der Waals surface area contributed by atoms with Crippen molar-refractivity contribution in [3.8, 4) is 0 Å². The topological polar surface area (TPSA) is 22.1 Å². The van der Waals surface area contributed by atoms with Crippen molar-refractivity contribution in [1.29, 1.82) is 0 Å². The van der Waals surface area contributed by atoms with E-state index in [1.165, 1.54) is 5.56 Å². The van der Waals surface area contributed by atoms with Gasteiger partial charge in [0, 0.05) is 23.2 Å². The van der Waals surface area contributed by atoms with Crippen LogP contribution >= 0.6 is 0 Å². The maximum atomic E-state index is 5.65. The number of hydrogen-bond acceptors (Lipinski definition) is 2. The Labute approximate surface area is 143 Å². The SMILES string of the molecule is C=Cc1nc(C)ccc1C(=C)C(=C)c1cccc2c1C(=C)OCC2. The molecule has 3 rings (SSSR count). The molecule has 24 heavy (non-hydrogen) atoms. The third kappa shape index (κ3) is 2.71. The number of aromatic nitrogens is 1. The minimum Gasteiger partial charge on any atom is -0.493 e. The molecule has 2 heteroatoms. The van der Waals surface area contributed by atoms with E-state index in [9.17, 15) is 0 Å². The van der Waals surface area contributed by atoms with Crippen LogP contribution in [-0.4, -0.2) is 11.6 Å². The molecule has 0 N–H and O–H groups in total. The first kappa shape index (κ1) is 16.0. The zero-order valence-electron chi connectivity index (χ0n) is 14.1. The summed E-state index contributed by atoms with van der Waals surface area (Å²) in [6.45, 7) is 19.1. The summed E-state index contributed by atoms with van der Waals surface area (Å²) >= 11 is 0. The van der Waals surface area contributed by atoms with Crippen molar-refractivity contribution in [2.45, 2.75) is 13.3 Å². The molecule has 2 nitrogen and oxygen atoms in total. The standard InChI is InChI=1S/C22H21NO/c1-6-21-19(11-10-14(2)23-21)15(3)16(4)20-9-7-8-18-12-13-24-17(5)22(18)20/h6-11H,1,3-5,12-13H2,2H3. The van der Waals surface area contributed by atoms with Crippen LogP contribution < -0.4 is 0 Å². The zero-order valence-corrected chi connectivity index (χ0v) is 14.1. The summed E-state index contributed by atoms with van der Waals surface area (Å²) in [5, 5.41) is 0. The highest BCUT2D eigenvalue weighted by atomic mass is 16.5. The fraction of sp³-hybridized carbons (Fsp3) is 0.136. The van der Waals surface area contributed by atoms with Gasteiger partial charge in [-0.1, -0.05) is 50.6 Å². The molecule has 0 saturated heterocycles. The second-order valence-electron chi connectivity index (χ2n) is 5.91. The molecule has 0 fully saturated rings. The Balaban J connectivity index is 2.06. The maximum absolute atomic E-state index is 5.65. The minimum absolute atomic E-state index is 0.672. The predicted octanol–water partition coefficient (Wildman–Crippen LogP) is 5.30. The molecule has 0 unspecified atom stereocenters. The molecule has 0 radical (unpaired) electrons. The van der Waals surface area contributed by atoms with Gasteiger partial charge in [0.1, 0.15) is 5.76 Å². The van der Waals surface area contributed by atoms with Gasteiger partial charge in [-0.25, -0.2) is 0 Å². The number of hydrogen-bond donors (Lipinski definition) is 0. The van der Waals surface area contributed by atoms with Crippen LogP contribution in [0.25, 0.3) is 23.0 Å². The summed E-state index contributed by atoms with van der Waals surface area (Å²) in [4.78, 5) is 4.53. The van der Waals surface area contributed by atoms with Gasteiger partial charge in [-0.2, -0.15) is 0 Å². The number of allylic oxidation sites excluding steroid dienone is 2. The first-order valence-corrected chi connectivity index (χ1v) is 7.96. The van der Waals surface area contributed by atoms with E-state index < -0.39 is 0 Å². The van der Waals surface area contributed by atoms with Crippen LogP contribution in [0.1, 0.15) is 33.6 Å². The molecule has 0 saturated carbocycles. The zero-order chi connectivity index (χ0) is 17.3. The molecule has 0 aliphatic carbocycles. The Bertz CT molecular complexity index is 874. The summed E-state index contributed by atoms with van der Waals surface area (Å²) in [6.07, 6.45) is 2.63. The lowest BCUT2D eigenvalue weighted by atomic mass is 9.87. The summed E-state index contributed by atoms with van der Waals surface area (Å²) < 4.78 is 5.65.